The van der Waals surface area contributed by atoms with Crippen LogP contribution in [-0.4, -0.2) is 36.4 Å². The minimum atomic E-state index is -0.189. The Bertz CT molecular complexity index is 425. The average Bonchev–Trinajstić information content (AvgIpc) is 2.96. The molecule has 2 rings (SSSR count). The number of aryl methyl sites for hydroxylation is 1. The average molecular weight is 238 g/mol. The van der Waals surface area contributed by atoms with E-state index in [2.05, 4.69) is 29.2 Å². The molecule has 0 atom stereocenters. The summed E-state index contributed by atoms with van der Waals surface area (Å²) in [6.07, 6.45) is 4.49. The molecule has 1 amide bonds. The number of aromatic nitrogens is 5. The van der Waals surface area contributed by atoms with Crippen LogP contribution in [0.1, 0.15) is 22.7 Å². The number of H-pyrrole nitrogens is 1. The van der Waals surface area contributed by atoms with Gasteiger partial charge in [-0.3, -0.25) is 9.89 Å². The monoisotopic (exact) mass is 238 g/mol. The van der Waals surface area contributed by atoms with Gasteiger partial charge in [0.25, 0.3) is 5.91 Å². The summed E-state index contributed by atoms with van der Waals surface area (Å²) in [5.41, 5.74) is 0.365. The van der Waals surface area contributed by atoms with E-state index in [-0.39, 0.29) is 5.91 Å². The van der Waals surface area contributed by atoms with Crippen LogP contribution in [0.3, 0.4) is 0 Å². The molecular weight excluding hydrogens is 228 g/mol. The van der Waals surface area contributed by atoms with Gasteiger partial charge in [-0.25, -0.2) is 4.98 Å². The maximum atomic E-state index is 11.4. The van der Waals surface area contributed by atoms with E-state index in [1.54, 1.807) is 0 Å². The van der Waals surface area contributed by atoms with Crippen LogP contribution in [-0.2, 0) is 6.42 Å². The van der Waals surface area contributed by atoms with Crippen LogP contribution in [0.2, 0.25) is 0 Å². The summed E-state index contributed by atoms with van der Waals surface area (Å²) in [4.78, 5) is 15.4. The molecule has 0 bridgehead atoms. The molecule has 0 aliphatic carbocycles. The number of carbonyl (C=O) groups excluding carboxylic acids is 1. The maximum absolute atomic E-state index is 11.4. The van der Waals surface area contributed by atoms with Gasteiger partial charge in [0, 0.05) is 13.0 Å². The van der Waals surface area contributed by atoms with Crippen molar-refractivity contribution in [2.75, 3.05) is 6.54 Å². The van der Waals surface area contributed by atoms with Crippen LogP contribution in [0.15, 0.2) is 12.5 Å². The third-order valence-corrected chi connectivity index (χ3v) is 2.41. The minimum absolute atomic E-state index is 0.189. The lowest BCUT2D eigenvalue weighted by atomic mass is 10.3. The first-order chi connectivity index (χ1) is 7.86. The van der Waals surface area contributed by atoms with Crippen LogP contribution < -0.4 is 5.32 Å². The standard InChI is InChI=1S/C8H10N6OS/c15-8(6-4-12-16-14-6)9-3-1-2-7-10-5-11-13-7/h4-5H,1-3H2,(H,9,15)(H,10,11,13). The second kappa shape index (κ2) is 5.31. The van der Waals surface area contributed by atoms with Crippen molar-refractivity contribution in [2.45, 2.75) is 12.8 Å². The smallest absolute Gasteiger partial charge is 0.272 e. The molecule has 2 aromatic heterocycles. The Hall–Kier alpha value is -1.83. The first kappa shape index (κ1) is 10.7. The molecule has 0 fully saturated rings. The SMILES string of the molecule is O=C(NCCCc1ncn[nH]1)c1cnsn1. The molecule has 0 aromatic carbocycles. The van der Waals surface area contributed by atoms with Crippen LogP contribution in [0.5, 0.6) is 0 Å². The van der Waals surface area contributed by atoms with E-state index in [1.807, 2.05) is 0 Å². The highest BCUT2D eigenvalue weighted by Crippen LogP contribution is 1.95. The van der Waals surface area contributed by atoms with Crippen molar-refractivity contribution >= 4 is 17.6 Å². The van der Waals surface area contributed by atoms with Gasteiger partial charge in [-0.15, -0.1) is 0 Å². The first-order valence-electron chi connectivity index (χ1n) is 4.76. The highest BCUT2D eigenvalue weighted by Gasteiger charge is 2.07. The molecule has 84 valence electrons. The fraction of sp³-hybridized carbons (Fsp3) is 0.375. The Labute approximate surface area is 95.6 Å². The number of nitrogens with one attached hydrogen (secondary N) is 2. The van der Waals surface area contributed by atoms with E-state index in [0.717, 1.165) is 30.4 Å². The predicted octanol–water partition coefficient (Wildman–Crippen LogP) is 0.0188. The molecular formula is C8H10N6OS. The van der Waals surface area contributed by atoms with Gasteiger partial charge in [0.15, 0.2) is 5.69 Å². The summed E-state index contributed by atoms with van der Waals surface area (Å²) >= 11 is 1.02. The second-order valence-corrected chi connectivity index (χ2v) is 3.64. The lowest BCUT2D eigenvalue weighted by molar-refractivity contribution is 0.0949. The van der Waals surface area contributed by atoms with Crippen molar-refractivity contribution in [1.29, 1.82) is 0 Å². The first-order valence-corrected chi connectivity index (χ1v) is 5.49. The van der Waals surface area contributed by atoms with Crippen molar-refractivity contribution < 1.29 is 4.79 Å². The molecule has 0 spiro atoms. The fourth-order valence-corrected chi connectivity index (χ4v) is 1.58. The molecule has 7 nitrogen and oxygen atoms in total. The summed E-state index contributed by atoms with van der Waals surface area (Å²) in [6.45, 7) is 0.580. The number of nitrogens with zero attached hydrogens (tertiary/aromatic N) is 4. The zero-order valence-electron chi connectivity index (χ0n) is 8.38. The molecule has 0 unspecified atom stereocenters. The van der Waals surface area contributed by atoms with Crippen molar-refractivity contribution in [1.82, 2.24) is 29.2 Å². The summed E-state index contributed by atoms with van der Waals surface area (Å²) in [5.74, 6) is 0.635. The predicted molar refractivity (Wildman–Crippen MR) is 56.9 cm³/mol. The Kier molecular flexibility index (Phi) is 3.54. The molecule has 2 heterocycles. The van der Waals surface area contributed by atoms with Crippen molar-refractivity contribution in [3.63, 3.8) is 0 Å². The second-order valence-electron chi connectivity index (χ2n) is 3.08. The Morgan fingerprint density at radius 3 is 3.19 bits per heavy atom. The molecule has 0 saturated heterocycles. The van der Waals surface area contributed by atoms with Gasteiger partial charge in [-0.05, 0) is 6.42 Å². The summed E-state index contributed by atoms with van der Waals surface area (Å²) in [6, 6.07) is 0. The molecule has 0 aliphatic heterocycles. The Balaban J connectivity index is 1.67. The normalized spacial score (nSPS) is 10.2. The zero-order chi connectivity index (χ0) is 11.2. The number of carbonyl (C=O) groups is 1. The van der Waals surface area contributed by atoms with Gasteiger partial charge in [0.05, 0.1) is 17.9 Å². The Morgan fingerprint density at radius 2 is 2.50 bits per heavy atom. The molecule has 2 aromatic rings. The van der Waals surface area contributed by atoms with Gasteiger partial charge in [0.2, 0.25) is 0 Å². The maximum Gasteiger partial charge on any atom is 0.272 e. The van der Waals surface area contributed by atoms with Gasteiger partial charge in [-0.2, -0.15) is 13.8 Å². The van der Waals surface area contributed by atoms with E-state index >= 15 is 0 Å². The van der Waals surface area contributed by atoms with Gasteiger partial charge < -0.3 is 5.32 Å². The summed E-state index contributed by atoms with van der Waals surface area (Å²) in [7, 11) is 0. The van der Waals surface area contributed by atoms with Gasteiger partial charge >= 0.3 is 0 Å². The number of amides is 1. The molecule has 8 heteroatoms. The highest BCUT2D eigenvalue weighted by molar-refractivity contribution is 6.99. The lowest BCUT2D eigenvalue weighted by Gasteiger charge is -2.00. The van der Waals surface area contributed by atoms with Crippen molar-refractivity contribution in [3.05, 3.63) is 24.0 Å². The number of hydrogen-bond donors (Lipinski definition) is 2. The van der Waals surface area contributed by atoms with Crippen LogP contribution in [0.4, 0.5) is 0 Å². The molecule has 0 aliphatic rings. The van der Waals surface area contributed by atoms with E-state index in [4.69, 9.17) is 0 Å². The van der Waals surface area contributed by atoms with E-state index in [9.17, 15) is 4.79 Å². The zero-order valence-corrected chi connectivity index (χ0v) is 9.20. The largest absolute Gasteiger partial charge is 0.351 e. The van der Waals surface area contributed by atoms with E-state index in [0.29, 0.717) is 12.2 Å². The molecule has 0 radical (unpaired) electrons. The van der Waals surface area contributed by atoms with Crippen molar-refractivity contribution in [2.24, 2.45) is 0 Å². The summed E-state index contributed by atoms with van der Waals surface area (Å²) in [5, 5.41) is 9.25. The third kappa shape index (κ3) is 2.83. The molecule has 0 saturated carbocycles. The van der Waals surface area contributed by atoms with Gasteiger partial charge in [0.1, 0.15) is 12.2 Å². The van der Waals surface area contributed by atoms with E-state index < -0.39 is 0 Å². The minimum Gasteiger partial charge on any atom is -0.351 e. The van der Waals surface area contributed by atoms with Gasteiger partial charge in [-0.1, -0.05) is 0 Å². The number of aromatic amines is 1. The molecule has 2 N–H and O–H groups in total. The van der Waals surface area contributed by atoms with Crippen LogP contribution in [0.25, 0.3) is 0 Å². The van der Waals surface area contributed by atoms with Crippen molar-refractivity contribution in [3.8, 4) is 0 Å². The Morgan fingerprint density at radius 1 is 1.56 bits per heavy atom. The van der Waals surface area contributed by atoms with Crippen LogP contribution >= 0.6 is 11.7 Å². The third-order valence-electron chi connectivity index (χ3n) is 1.93. The van der Waals surface area contributed by atoms with E-state index in [1.165, 1.54) is 12.5 Å². The number of hydrogen-bond acceptors (Lipinski definition) is 6. The quantitative estimate of drug-likeness (QED) is 0.716. The fourth-order valence-electron chi connectivity index (χ4n) is 1.16. The summed E-state index contributed by atoms with van der Waals surface area (Å²) < 4.78 is 7.59. The molecule has 16 heavy (non-hydrogen) atoms. The highest BCUT2D eigenvalue weighted by atomic mass is 32.1. The topological polar surface area (TPSA) is 96.5 Å². The lowest BCUT2D eigenvalue weighted by Crippen LogP contribution is -2.25. The van der Waals surface area contributed by atoms with Crippen LogP contribution in [0, 0.1) is 0 Å². The number of rotatable bonds is 5.